The second kappa shape index (κ2) is 5.84. The molecule has 0 aliphatic heterocycles. The molecule has 3 rings (SSSR count). The minimum atomic E-state index is 0.306. The van der Waals surface area contributed by atoms with Crippen LogP contribution in [0.4, 0.5) is 5.69 Å². The van der Waals surface area contributed by atoms with Crippen molar-refractivity contribution in [3.63, 3.8) is 0 Å². The first-order chi connectivity index (χ1) is 10.5. The number of hydrogen-bond acceptors (Lipinski definition) is 1. The summed E-state index contributed by atoms with van der Waals surface area (Å²) in [7, 11) is 0. The van der Waals surface area contributed by atoms with Gasteiger partial charge in [-0.3, -0.25) is 0 Å². The van der Waals surface area contributed by atoms with E-state index in [-0.39, 0.29) is 0 Å². The number of anilines is 1. The fourth-order valence-electron chi connectivity index (χ4n) is 2.84. The minimum Gasteiger partial charge on any atom is -0.370 e. The van der Waals surface area contributed by atoms with Crippen molar-refractivity contribution in [1.29, 1.82) is 0 Å². The number of guanidine groups is 1. The van der Waals surface area contributed by atoms with Crippen LogP contribution in [0.2, 0.25) is 0 Å². The van der Waals surface area contributed by atoms with Crippen molar-refractivity contribution in [2.45, 2.75) is 39.2 Å². The molecule has 2 aromatic carbocycles. The first-order valence-electron chi connectivity index (χ1n) is 7.77. The second-order valence-electron chi connectivity index (χ2n) is 6.20. The highest BCUT2D eigenvalue weighted by atomic mass is 15.1. The normalized spacial score (nSPS) is 20.8. The molecule has 2 aromatic rings. The SMILES string of the molecule is Cc1ccc(NC(N)=NC2CC2c2ccccc2C)cc1C. The molecule has 114 valence electrons. The van der Waals surface area contributed by atoms with Gasteiger partial charge in [0.2, 0.25) is 0 Å². The van der Waals surface area contributed by atoms with Gasteiger partial charge in [-0.05, 0) is 61.6 Å². The summed E-state index contributed by atoms with van der Waals surface area (Å²) in [5.74, 6) is 1.02. The standard InChI is InChI=1S/C19H23N3/c1-12-8-9-15(10-14(12)3)21-19(20)22-18-11-17(18)16-7-5-4-6-13(16)2/h4-10,17-18H,11H2,1-3H3,(H3,20,21,22). The number of hydrogen-bond donors (Lipinski definition) is 2. The Morgan fingerprint density at radius 1 is 1.05 bits per heavy atom. The monoisotopic (exact) mass is 293 g/mol. The van der Waals surface area contributed by atoms with Gasteiger partial charge in [0.1, 0.15) is 0 Å². The van der Waals surface area contributed by atoms with E-state index < -0.39 is 0 Å². The van der Waals surface area contributed by atoms with E-state index in [0.29, 0.717) is 17.9 Å². The zero-order valence-corrected chi connectivity index (χ0v) is 13.4. The quantitative estimate of drug-likeness (QED) is 0.666. The molecule has 0 bridgehead atoms. The summed E-state index contributed by atoms with van der Waals surface area (Å²) >= 11 is 0. The average Bonchev–Trinajstić information content (AvgIpc) is 3.22. The largest absolute Gasteiger partial charge is 0.370 e. The number of nitrogens with one attached hydrogen (secondary N) is 1. The van der Waals surface area contributed by atoms with Crippen LogP contribution >= 0.6 is 0 Å². The van der Waals surface area contributed by atoms with E-state index in [0.717, 1.165) is 12.1 Å². The van der Waals surface area contributed by atoms with Gasteiger partial charge in [-0.25, -0.2) is 4.99 Å². The molecule has 2 atom stereocenters. The Morgan fingerprint density at radius 2 is 1.82 bits per heavy atom. The summed E-state index contributed by atoms with van der Waals surface area (Å²) in [4.78, 5) is 4.62. The number of aliphatic imine (C=N–C) groups is 1. The van der Waals surface area contributed by atoms with Gasteiger partial charge in [0.05, 0.1) is 6.04 Å². The Morgan fingerprint density at radius 3 is 2.55 bits per heavy atom. The molecule has 0 radical (unpaired) electrons. The van der Waals surface area contributed by atoms with Crippen molar-refractivity contribution < 1.29 is 0 Å². The van der Waals surface area contributed by atoms with Crippen LogP contribution in [0, 0.1) is 20.8 Å². The highest BCUT2D eigenvalue weighted by Gasteiger charge is 2.39. The Kier molecular flexibility index (Phi) is 3.88. The van der Waals surface area contributed by atoms with Crippen LogP contribution in [0.5, 0.6) is 0 Å². The lowest BCUT2D eigenvalue weighted by Gasteiger charge is -2.08. The van der Waals surface area contributed by atoms with Crippen LogP contribution in [0.25, 0.3) is 0 Å². The number of nitrogens with zero attached hydrogens (tertiary/aromatic N) is 1. The molecule has 22 heavy (non-hydrogen) atoms. The highest BCUT2D eigenvalue weighted by Crippen LogP contribution is 2.44. The maximum atomic E-state index is 6.05. The summed E-state index contributed by atoms with van der Waals surface area (Å²) in [6.07, 6.45) is 1.08. The molecule has 0 spiro atoms. The maximum Gasteiger partial charge on any atom is 0.193 e. The Labute approximate surface area is 132 Å². The summed E-state index contributed by atoms with van der Waals surface area (Å²) in [5.41, 5.74) is 12.3. The zero-order chi connectivity index (χ0) is 15.7. The summed E-state index contributed by atoms with van der Waals surface area (Å²) in [6.45, 7) is 6.36. The first-order valence-corrected chi connectivity index (χ1v) is 7.77. The fourth-order valence-corrected chi connectivity index (χ4v) is 2.84. The molecule has 3 heteroatoms. The lowest BCUT2D eigenvalue weighted by atomic mass is 10.0. The molecule has 0 saturated heterocycles. The zero-order valence-electron chi connectivity index (χ0n) is 13.4. The molecule has 3 N–H and O–H groups in total. The van der Waals surface area contributed by atoms with Crippen molar-refractivity contribution in [2.24, 2.45) is 10.7 Å². The van der Waals surface area contributed by atoms with Crippen molar-refractivity contribution in [3.05, 3.63) is 64.7 Å². The van der Waals surface area contributed by atoms with Crippen LogP contribution in [-0.4, -0.2) is 12.0 Å². The number of aryl methyl sites for hydroxylation is 3. The van der Waals surface area contributed by atoms with Crippen molar-refractivity contribution in [2.75, 3.05) is 5.32 Å². The highest BCUT2D eigenvalue weighted by molar-refractivity contribution is 5.92. The van der Waals surface area contributed by atoms with Gasteiger partial charge in [0, 0.05) is 11.6 Å². The Bertz CT molecular complexity index is 718. The average molecular weight is 293 g/mol. The Balaban J connectivity index is 1.66. The molecule has 0 heterocycles. The lowest BCUT2D eigenvalue weighted by Crippen LogP contribution is -2.23. The topological polar surface area (TPSA) is 50.4 Å². The number of rotatable bonds is 3. The first kappa shape index (κ1) is 14.6. The van der Waals surface area contributed by atoms with E-state index in [4.69, 9.17) is 5.73 Å². The number of benzene rings is 2. The molecule has 1 aliphatic carbocycles. The van der Waals surface area contributed by atoms with Crippen LogP contribution < -0.4 is 11.1 Å². The smallest absolute Gasteiger partial charge is 0.193 e. The van der Waals surface area contributed by atoms with E-state index in [1.54, 1.807) is 0 Å². The van der Waals surface area contributed by atoms with E-state index >= 15 is 0 Å². The third-order valence-electron chi connectivity index (χ3n) is 4.43. The van der Waals surface area contributed by atoms with Gasteiger partial charge in [-0.15, -0.1) is 0 Å². The van der Waals surface area contributed by atoms with Crippen LogP contribution in [0.1, 0.15) is 34.6 Å². The lowest BCUT2D eigenvalue weighted by molar-refractivity contribution is 0.975. The Hall–Kier alpha value is -2.29. The van der Waals surface area contributed by atoms with E-state index in [1.165, 1.54) is 22.3 Å². The predicted molar refractivity (Wildman–Crippen MR) is 93.5 cm³/mol. The molecule has 0 aromatic heterocycles. The number of nitrogens with two attached hydrogens (primary N) is 1. The van der Waals surface area contributed by atoms with Crippen molar-refractivity contribution >= 4 is 11.6 Å². The van der Waals surface area contributed by atoms with Crippen LogP contribution in [-0.2, 0) is 0 Å². The molecule has 3 nitrogen and oxygen atoms in total. The third kappa shape index (κ3) is 3.14. The van der Waals surface area contributed by atoms with Gasteiger partial charge >= 0.3 is 0 Å². The molecular formula is C19H23N3. The fraction of sp³-hybridized carbons (Fsp3) is 0.316. The molecular weight excluding hydrogens is 270 g/mol. The van der Waals surface area contributed by atoms with E-state index in [1.807, 2.05) is 6.07 Å². The van der Waals surface area contributed by atoms with Gasteiger partial charge in [-0.2, -0.15) is 0 Å². The van der Waals surface area contributed by atoms with Gasteiger partial charge < -0.3 is 11.1 Å². The van der Waals surface area contributed by atoms with Crippen LogP contribution in [0.15, 0.2) is 47.5 Å². The van der Waals surface area contributed by atoms with Crippen molar-refractivity contribution in [3.8, 4) is 0 Å². The van der Waals surface area contributed by atoms with Crippen LogP contribution in [0.3, 0.4) is 0 Å². The second-order valence-corrected chi connectivity index (χ2v) is 6.20. The summed E-state index contributed by atoms with van der Waals surface area (Å²) < 4.78 is 0. The van der Waals surface area contributed by atoms with Crippen molar-refractivity contribution in [1.82, 2.24) is 0 Å². The summed E-state index contributed by atoms with van der Waals surface area (Å²) in [5, 5.41) is 3.20. The minimum absolute atomic E-state index is 0.306. The predicted octanol–water partition coefficient (Wildman–Crippen LogP) is 3.89. The molecule has 1 fully saturated rings. The van der Waals surface area contributed by atoms with Gasteiger partial charge in [0.25, 0.3) is 0 Å². The maximum absolute atomic E-state index is 6.05. The third-order valence-corrected chi connectivity index (χ3v) is 4.43. The molecule has 2 unspecified atom stereocenters. The van der Waals surface area contributed by atoms with E-state index in [9.17, 15) is 0 Å². The summed E-state index contributed by atoms with van der Waals surface area (Å²) in [6, 6.07) is 15.1. The van der Waals surface area contributed by atoms with Gasteiger partial charge in [-0.1, -0.05) is 30.3 Å². The van der Waals surface area contributed by atoms with E-state index in [2.05, 4.69) is 67.5 Å². The molecule has 1 aliphatic rings. The molecule has 0 amide bonds. The van der Waals surface area contributed by atoms with Gasteiger partial charge in [0.15, 0.2) is 5.96 Å². The molecule has 1 saturated carbocycles.